The molecule has 3 N–H and O–H groups in total. The summed E-state index contributed by atoms with van der Waals surface area (Å²) in [6.45, 7) is 0.566. The van der Waals surface area contributed by atoms with Gasteiger partial charge in [-0.05, 0) is 40.2 Å². The fourth-order valence-electron chi connectivity index (χ4n) is 2.02. The third kappa shape index (κ3) is 2.47. The van der Waals surface area contributed by atoms with Gasteiger partial charge >= 0.3 is 0 Å². The normalized spacial score (nSPS) is 18.6. The van der Waals surface area contributed by atoms with E-state index in [0.29, 0.717) is 6.54 Å². The predicted molar refractivity (Wildman–Crippen MR) is 69.3 cm³/mol. The molecule has 1 amide bonds. The SMILES string of the molecule is NC1(C(=O)NCc2sccc2Br)CCCC1. The first-order chi connectivity index (χ1) is 7.62. The van der Waals surface area contributed by atoms with Crippen LogP contribution in [0.4, 0.5) is 0 Å². The largest absolute Gasteiger partial charge is 0.350 e. The molecule has 0 aliphatic heterocycles. The van der Waals surface area contributed by atoms with Crippen molar-refractivity contribution in [3.05, 3.63) is 20.8 Å². The fourth-order valence-corrected chi connectivity index (χ4v) is 3.45. The molecule has 0 radical (unpaired) electrons. The summed E-state index contributed by atoms with van der Waals surface area (Å²) in [6.07, 6.45) is 3.74. The van der Waals surface area contributed by atoms with Gasteiger partial charge in [-0.3, -0.25) is 4.79 Å². The number of thiophene rings is 1. The van der Waals surface area contributed by atoms with Gasteiger partial charge in [0.05, 0.1) is 12.1 Å². The summed E-state index contributed by atoms with van der Waals surface area (Å²) in [5, 5.41) is 4.92. The van der Waals surface area contributed by atoms with Crippen LogP contribution in [0.2, 0.25) is 0 Å². The Labute approximate surface area is 108 Å². The molecule has 0 bridgehead atoms. The van der Waals surface area contributed by atoms with E-state index in [1.54, 1.807) is 11.3 Å². The van der Waals surface area contributed by atoms with Crippen LogP contribution in [0.5, 0.6) is 0 Å². The summed E-state index contributed by atoms with van der Waals surface area (Å²) in [5.41, 5.74) is 5.44. The number of carbonyl (C=O) groups is 1. The van der Waals surface area contributed by atoms with Crippen molar-refractivity contribution in [2.75, 3.05) is 0 Å². The molecule has 16 heavy (non-hydrogen) atoms. The Hall–Kier alpha value is -0.390. The van der Waals surface area contributed by atoms with E-state index >= 15 is 0 Å². The third-order valence-corrected chi connectivity index (χ3v) is 4.97. The van der Waals surface area contributed by atoms with Crippen molar-refractivity contribution in [2.24, 2.45) is 5.73 Å². The summed E-state index contributed by atoms with van der Waals surface area (Å²) < 4.78 is 1.05. The first-order valence-corrected chi connectivity index (χ1v) is 7.08. The zero-order valence-electron chi connectivity index (χ0n) is 8.96. The van der Waals surface area contributed by atoms with Gasteiger partial charge in [-0.25, -0.2) is 0 Å². The van der Waals surface area contributed by atoms with Crippen molar-refractivity contribution >= 4 is 33.2 Å². The second-order valence-corrected chi connectivity index (χ2v) is 6.09. The summed E-state index contributed by atoms with van der Waals surface area (Å²) >= 11 is 5.07. The van der Waals surface area contributed by atoms with Crippen LogP contribution in [-0.2, 0) is 11.3 Å². The molecule has 0 atom stereocenters. The first kappa shape index (κ1) is 12.1. The van der Waals surface area contributed by atoms with Crippen LogP contribution in [0.15, 0.2) is 15.9 Å². The lowest BCUT2D eigenvalue weighted by atomic mass is 9.98. The Kier molecular flexibility index (Phi) is 3.66. The van der Waals surface area contributed by atoms with Gasteiger partial charge in [-0.15, -0.1) is 11.3 Å². The molecule has 0 aromatic carbocycles. The highest BCUT2D eigenvalue weighted by Gasteiger charge is 2.36. The van der Waals surface area contributed by atoms with Crippen molar-refractivity contribution in [3.8, 4) is 0 Å². The van der Waals surface area contributed by atoms with Gasteiger partial charge in [0.15, 0.2) is 0 Å². The smallest absolute Gasteiger partial charge is 0.240 e. The van der Waals surface area contributed by atoms with Gasteiger partial charge in [0.2, 0.25) is 5.91 Å². The molecule has 3 nitrogen and oxygen atoms in total. The highest BCUT2D eigenvalue weighted by molar-refractivity contribution is 9.10. The number of hydrogen-bond acceptors (Lipinski definition) is 3. The second-order valence-electron chi connectivity index (χ2n) is 4.24. The molecule has 1 heterocycles. The minimum Gasteiger partial charge on any atom is -0.350 e. The van der Waals surface area contributed by atoms with E-state index < -0.39 is 5.54 Å². The van der Waals surface area contributed by atoms with E-state index in [2.05, 4.69) is 21.2 Å². The van der Waals surface area contributed by atoms with Crippen molar-refractivity contribution in [2.45, 2.75) is 37.8 Å². The Morgan fingerprint density at radius 2 is 2.25 bits per heavy atom. The minimum absolute atomic E-state index is 0.00898. The van der Waals surface area contributed by atoms with Crippen molar-refractivity contribution in [1.82, 2.24) is 5.32 Å². The molecule has 88 valence electrons. The zero-order valence-corrected chi connectivity index (χ0v) is 11.4. The average Bonchev–Trinajstić information content (AvgIpc) is 2.85. The highest BCUT2D eigenvalue weighted by atomic mass is 79.9. The van der Waals surface area contributed by atoms with Crippen molar-refractivity contribution in [3.63, 3.8) is 0 Å². The van der Waals surface area contributed by atoms with Crippen LogP contribution in [0.3, 0.4) is 0 Å². The molecule has 0 saturated heterocycles. The molecular formula is C11H15BrN2OS. The van der Waals surface area contributed by atoms with Gasteiger partial charge in [0.1, 0.15) is 0 Å². The van der Waals surface area contributed by atoms with Crippen LogP contribution in [0.1, 0.15) is 30.6 Å². The molecule has 1 aromatic rings. The monoisotopic (exact) mass is 302 g/mol. The maximum atomic E-state index is 11.9. The Balaban J connectivity index is 1.91. The quantitative estimate of drug-likeness (QED) is 0.901. The van der Waals surface area contributed by atoms with E-state index in [9.17, 15) is 4.79 Å². The topological polar surface area (TPSA) is 55.1 Å². The lowest BCUT2D eigenvalue weighted by molar-refractivity contribution is -0.126. The number of amides is 1. The fraction of sp³-hybridized carbons (Fsp3) is 0.545. The minimum atomic E-state index is -0.621. The molecule has 0 unspecified atom stereocenters. The molecule has 1 saturated carbocycles. The number of hydrogen-bond donors (Lipinski definition) is 2. The summed E-state index contributed by atoms with van der Waals surface area (Å²) in [4.78, 5) is 13.1. The molecule has 1 aromatic heterocycles. The maximum absolute atomic E-state index is 11.9. The zero-order chi connectivity index (χ0) is 11.6. The maximum Gasteiger partial charge on any atom is 0.240 e. The van der Waals surface area contributed by atoms with E-state index in [1.807, 2.05) is 11.4 Å². The van der Waals surface area contributed by atoms with Crippen LogP contribution in [-0.4, -0.2) is 11.4 Å². The average molecular weight is 303 g/mol. The Bertz CT molecular complexity index is 385. The van der Waals surface area contributed by atoms with Crippen LogP contribution >= 0.6 is 27.3 Å². The van der Waals surface area contributed by atoms with Crippen LogP contribution in [0.25, 0.3) is 0 Å². The number of nitrogens with one attached hydrogen (secondary N) is 1. The number of carbonyl (C=O) groups excluding carboxylic acids is 1. The molecule has 1 aliphatic carbocycles. The lowest BCUT2D eigenvalue weighted by Crippen LogP contribution is -2.51. The third-order valence-electron chi connectivity index (χ3n) is 3.05. The summed E-state index contributed by atoms with van der Waals surface area (Å²) in [6, 6.07) is 1.99. The van der Waals surface area contributed by atoms with Gasteiger partial charge in [0.25, 0.3) is 0 Å². The van der Waals surface area contributed by atoms with Crippen LogP contribution in [0, 0.1) is 0 Å². The standard InChI is InChI=1S/C11H15BrN2OS/c12-8-3-6-16-9(8)7-14-10(15)11(13)4-1-2-5-11/h3,6H,1-2,4-5,7,13H2,(H,14,15). The summed E-state index contributed by atoms with van der Waals surface area (Å²) in [5.74, 6) is -0.00898. The van der Waals surface area contributed by atoms with E-state index in [-0.39, 0.29) is 5.91 Å². The number of rotatable bonds is 3. The molecule has 2 rings (SSSR count). The van der Waals surface area contributed by atoms with E-state index in [1.165, 1.54) is 0 Å². The van der Waals surface area contributed by atoms with Gasteiger partial charge in [-0.1, -0.05) is 12.8 Å². The number of halogens is 1. The lowest BCUT2D eigenvalue weighted by Gasteiger charge is -2.22. The van der Waals surface area contributed by atoms with E-state index in [0.717, 1.165) is 35.0 Å². The molecule has 0 spiro atoms. The van der Waals surface area contributed by atoms with Gasteiger partial charge in [0, 0.05) is 9.35 Å². The number of nitrogens with two attached hydrogens (primary N) is 1. The molecule has 1 aliphatic rings. The Morgan fingerprint density at radius 1 is 1.56 bits per heavy atom. The van der Waals surface area contributed by atoms with E-state index in [4.69, 9.17) is 5.73 Å². The van der Waals surface area contributed by atoms with Crippen molar-refractivity contribution in [1.29, 1.82) is 0 Å². The second kappa shape index (κ2) is 4.85. The predicted octanol–water partition coefficient (Wildman–Crippen LogP) is 2.40. The molecular weight excluding hydrogens is 288 g/mol. The molecule has 5 heteroatoms. The summed E-state index contributed by atoms with van der Waals surface area (Å²) in [7, 11) is 0. The van der Waals surface area contributed by atoms with Crippen LogP contribution < -0.4 is 11.1 Å². The van der Waals surface area contributed by atoms with Gasteiger partial charge in [-0.2, -0.15) is 0 Å². The van der Waals surface area contributed by atoms with Crippen molar-refractivity contribution < 1.29 is 4.79 Å². The van der Waals surface area contributed by atoms with Gasteiger partial charge < -0.3 is 11.1 Å². The first-order valence-electron chi connectivity index (χ1n) is 5.41. The highest BCUT2D eigenvalue weighted by Crippen LogP contribution is 2.28. The Morgan fingerprint density at radius 3 is 2.81 bits per heavy atom. The molecule has 1 fully saturated rings.